The number of benzene rings is 4. The van der Waals surface area contributed by atoms with Crippen LogP contribution in [0.5, 0.6) is 5.75 Å². The van der Waals surface area contributed by atoms with Crippen LogP contribution in [0.2, 0.25) is 0 Å². The van der Waals surface area contributed by atoms with Crippen molar-refractivity contribution in [2.75, 3.05) is 0 Å². The molecule has 0 atom stereocenters. The lowest BCUT2D eigenvalue weighted by Gasteiger charge is -2.06. The third-order valence-electron chi connectivity index (χ3n) is 5.09. The van der Waals surface area contributed by atoms with Crippen LogP contribution < -0.4 is 4.74 Å². The van der Waals surface area contributed by atoms with E-state index in [0.29, 0.717) is 6.61 Å². The summed E-state index contributed by atoms with van der Waals surface area (Å²) >= 11 is 0. The van der Waals surface area contributed by atoms with Crippen molar-refractivity contribution in [2.24, 2.45) is 0 Å². The molecular formula is C26H21OS+. The zero-order valence-corrected chi connectivity index (χ0v) is 16.6. The van der Waals surface area contributed by atoms with E-state index in [2.05, 4.69) is 104 Å². The van der Waals surface area contributed by atoms with Crippen molar-refractivity contribution in [1.29, 1.82) is 0 Å². The Morgan fingerprint density at radius 1 is 0.643 bits per heavy atom. The monoisotopic (exact) mass is 381 g/mol. The quantitative estimate of drug-likeness (QED) is 0.291. The SMILES string of the molecule is Cc1ccc(COc2ccc(-[s+]3c4ccccc4c4ccccc43)cc2)cc1. The number of rotatable bonds is 4. The van der Waals surface area contributed by atoms with Crippen LogP contribution in [-0.2, 0) is 6.61 Å². The summed E-state index contributed by atoms with van der Waals surface area (Å²) in [6, 6.07) is 34.7. The molecule has 0 saturated heterocycles. The fourth-order valence-electron chi connectivity index (χ4n) is 3.63. The normalized spacial score (nSPS) is 11.2. The lowest BCUT2D eigenvalue weighted by atomic mass is 10.2. The van der Waals surface area contributed by atoms with Gasteiger partial charge in [0, 0.05) is 33.4 Å². The molecular weight excluding hydrogens is 360 g/mol. The first-order chi connectivity index (χ1) is 13.8. The molecule has 0 saturated carbocycles. The van der Waals surface area contributed by atoms with Crippen molar-refractivity contribution in [1.82, 2.24) is 0 Å². The van der Waals surface area contributed by atoms with Gasteiger partial charge in [0.25, 0.3) is 0 Å². The molecule has 0 aliphatic carbocycles. The summed E-state index contributed by atoms with van der Waals surface area (Å²) in [5, 5.41) is 2.72. The summed E-state index contributed by atoms with van der Waals surface area (Å²) < 4.78 is 8.82. The molecule has 1 nitrogen and oxygen atoms in total. The molecule has 4 aromatic carbocycles. The maximum Gasteiger partial charge on any atom is 0.187 e. The molecule has 5 aromatic rings. The highest BCUT2D eigenvalue weighted by Crippen LogP contribution is 2.48. The Balaban J connectivity index is 1.48. The summed E-state index contributed by atoms with van der Waals surface area (Å²) in [5.41, 5.74) is 2.46. The predicted molar refractivity (Wildman–Crippen MR) is 121 cm³/mol. The Morgan fingerprint density at radius 3 is 1.82 bits per heavy atom. The molecule has 0 bridgehead atoms. The maximum atomic E-state index is 5.99. The molecule has 0 aliphatic heterocycles. The van der Waals surface area contributed by atoms with E-state index in [1.54, 1.807) is 0 Å². The van der Waals surface area contributed by atoms with Gasteiger partial charge in [0.2, 0.25) is 0 Å². The summed E-state index contributed by atoms with van der Waals surface area (Å²) in [7, 11) is -0.0469. The number of thiophene rings is 1. The average Bonchev–Trinajstić information content (AvgIpc) is 3.08. The predicted octanol–water partition coefficient (Wildman–Crippen LogP) is 7.62. The minimum absolute atomic E-state index is 0.0469. The summed E-state index contributed by atoms with van der Waals surface area (Å²) in [6.45, 7) is 2.69. The van der Waals surface area contributed by atoms with Gasteiger partial charge in [-0.2, -0.15) is 0 Å². The fraction of sp³-hybridized carbons (Fsp3) is 0.0769. The highest BCUT2D eigenvalue weighted by atomic mass is 32.2. The van der Waals surface area contributed by atoms with Crippen LogP contribution in [0.15, 0.2) is 97.1 Å². The standard InChI is InChI=1S/C26H21OS/c1-19-10-12-20(13-11-19)18-27-21-14-16-22(17-15-21)28-25-8-4-2-6-23(25)24-7-3-5-9-26(24)28/h2-17H,18H2,1H3/q+1. The number of aryl methyl sites for hydroxylation is 1. The van der Waals surface area contributed by atoms with E-state index in [-0.39, 0.29) is 10.5 Å². The molecule has 1 heterocycles. The van der Waals surface area contributed by atoms with Gasteiger partial charge in [-0.15, -0.1) is 0 Å². The van der Waals surface area contributed by atoms with Crippen LogP contribution in [-0.4, -0.2) is 0 Å². The van der Waals surface area contributed by atoms with Crippen molar-refractivity contribution in [3.05, 3.63) is 108 Å². The molecule has 1 aromatic heterocycles. The van der Waals surface area contributed by atoms with Crippen LogP contribution in [0.25, 0.3) is 25.1 Å². The number of ether oxygens (including phenoxy) is 1. The molecule has 0 unspecified atom stereocenters. The van der Waals surface area contributed by atoms with Crippen LogP contribution >= 0.6 is 10.5 Å². The highest BCUT2D eigenvalue weighted by molar-refractivity contribution is 7.50. The van der Waals surface area contributed by atoms with E-state index in [0.717, 1.165) is 5.75 Å². The van der Waals surface area contributed by atoms with Crippen LogP contribution in [0.3, 0.4) is 0 Å². The van der Waals surface area contributed by atoms with E-state index < -0.39 is 0 Å². The smallest absolute Gasteiger partial charge is 0.187 e. The fourth-order valence-corrected chi connectivity index (χ4v) is 6.01. The molecule has 28 heavy (non-hydrogen) atoms. The van der Waals surface area contributed by atoms with Gasteiger partial charge in [0.15, 0.2) is 14.3 Å². The molecule has 0 fully saturated rings. The lowest BCUT2D eigenvalue weighted by Crippen LogP contribution is -1.95. The zero-order chi connectivity index (χ0) is 18.9. The summed E-state index contributed by atoms with van der Waals surface area (Å²) in [4.78, 5) is 1.33. The molecule has 0 aliphatic rings. The van der Waals surface area contributed by atoms with E-state index in [4.69, 9.17) is 4.74 Å². The van der Waals surface area contributed by atoms with Crippen molar-refractivity contribution in [3.63, 3.8) is 0 Å². The van der Waals surface area contributed by atoms with Crippen LogP contribution in [0, 0.1) is 6.92 Å². The van der Waals surface area contributed by atoms with Gasteiger partial charge in [0.05, 0.1) is 0 Å². The topological polar surface area (TPSA) is 9.23 Å². The van der Waals surface area contributed by atoms with Crippen molar-refractivity contribution >= 4 is 30.6 Å². The first-order valence-electron chi connectivity index (χ1n) is 9.51. The van der Waals surface area contributed by atoms with Crippen LogP contribution in [0.1, 0.15) is 11.1 Å². The van der Waals surface area contributed by atoms with Gasteiger partial charge in [-0.25, -0.2) is 0 Å². The number of hydrogen-bond acceptors (Lipinski definition) is 1. The number of fused-ring (bicyclic) bond motifs is 3. The van der Waals surface area contributed by atoms with Gasteiger partial charge in [0.1, 0.15) is 12.4 Å². The Kier molecular flexibility index (Phi) is 4.34. The zero-order valence-electron chi connectivity index (χ0n) is 15.8. The molecule has 5 rings (SSSR count). The van der Waals surface area contributed by atoms with Gasteiger partial charge >= 0.3 is 0 Å². The minimum Gasteiger partial charge on any atom is -0.489 e. The van der Waals surface area contributed by atoms with Gasteiger partial charge in [-0.05, 0) is 48.9 Å². The lowest BCUT2D eigenvalue weighted by molar-refractivity contribution is 0.306. The van der Waals surface area contributed by atoms with E-state index in [1.165, 1.54) is 36.2 Å². The van der Waals surface area contributed by atoms with Crippen molar-refractivity contribution in [3.8, 4) is 10.6 Å². The van der Waals surface area contributed by atoms with Crippen LogP contribution in [0.4, 0.5) is 0 Å². The Hall–Kier alpha value is -3.10. The molecule has 0 N–H and O–H groups in total. The Bertz CT molecular complexity index is 1190. The highest BCUT2D eigenvalue weighted by Gasteiger charge is 2.22. The first-order valence-corrected chi connectivity index (χ1v) is 10.7. The van der Waals surface area contributed by atoms with E-state index in [1.807, 2.05) is 0 Å². The van der Waals surface area contributed by atoms with Crippen molar-refractivity contribution < 1.29 is 4.74 Å². The molecule has 136 valence electrons. The van der Waals surface area contributed by atoms with Gasteiger partial charge in [-0.3, -0.25) is 0 Å². The average molecular weight is 382 g/mol. The number of hydrogen-bond donors (Lipinski definition) is 0. The summed E-state index contributed by atoms with van der Waals surface area (Å²) in [5.74, 6) is 0.911. The second-order valence-corrected chi connectivity index (χ2v) is 9.01. The molecule has 0 radical (unpaired) electrons. The minimum atomic E-state index is -0.0469. The second-order valence-electron chi connectivity index (χ2n) is 7.04. The van der Waals surface area contributed by atoms with Gasteiger partial charge in [-0.1, -0.05) is 54.1 Å². The maximum absolute atomic E-state index is 5.99. The van der Waals surface area contributed by atoms with Gasteiger partial charge < -0.3 is 4.74 Å². The first kappa shape index (κ1) is 17.0. The Labute approximate surface area is 167 Å². The van der Waals surface area contributed by atoms with E-state index >= 15 is 0 Å². The summed E-state index contributed by atoms with van der Waals surface area (Å²) in [6.07, 6.45) is 0. The van der Waals surface area contributed by atoms with E-state index in [9.17, 15) is 0 Å². The third kappa shape index (κ3) is 3.06. The van der Waals surface area contributed by atoms with Crippen molar-refractivity contribution in [2.45, 2.75) is 13.5 Å². The Morgan fingerprint density at radius 2 is 1.21 bits per heavy atom. The second kappa shape index (κ2) is 7.14. The third-order valence-corrected chi connectivity index (χ3v) is 7.42. The molecule has 0 amide bonds. The molecule has 0 spiro atoms. The largest absolute Gasteiger partial charge is 0.489 e. The molecule has 2 heteroatoms.